The van der Waals surface area contributed by atoms with Gasteiger partial charge in [-0.2, -0.15) is 13.8 Å². The Labute approximate surface area is 90.7 Å². The van der Waals surface area contributed by atoms with Gasteiger partial charge in [-0.05, 0) is 18.2 Å². The lowest BCUT2D eigenvalue weighted by Crippen LogP contribution is -1.94. The summed E-state index contributed by atoms with van der Waals surface area (Å²) in [5, 5.41) is 0. The third-order valence-corrected chi connectivity index (χ3v) is 2.06. The first kappa shape index (κ1) is 10.5. The first-order valence-corrected chi connectivity index (χ1v) is 4.53. The minimum Gasteiger partial charge on any atom is -0.497 e. The summed E-state index contributed by atoms with van der Waals surface area (Å²) in [6.07, 6.45) is 1.48. The van der Waals surface area contributed by atoms with E-state index >= 15 is 0 Å². The second-order valence-electron chi connectivity index (χ2n) is 3.05. The molecule has 0 unspecified atom stereocenters. The quantitative estimate of drug-likeness (QED) is 0.732. The molecule has 0 spiro atoms. The molecule has 0 aromatic carbocycles. The SMILES string of the molecule is COc1ccnc(-c2ccc(F)nc2F)c1. The molecular formula is C11H8F2N2O. The smallest absolute Gasteiger partial charge is 0.224 e. The summed E-state index contributed by atoms with van der Waals surface area (Å²) in [7, 11) is 1.50. The summed E-state index contributed by atoms with van der Waals surface area (Å²) in [6.45, 7) is 0. The minimum absolute atomic E-state index is 0.139. The predicted octanol–water partition coefficient (Wildman–Crippen LogP) is 2.43. The lowest BCUT2D eigenvalue weighted by Gasteiger charge is -2.04. The summed E-state index contributed by atoms with van der Waals surface area (Å²) >= 11 is 0. The number of ether oxygens (including phenoxy) is 1. The molecule has 3 nitrogen and oxygen atoms in total. The molecule has 82 valence electrons. The molecule has 0 bridgehead atoms. The number of methoxy groups -OCH3 is 1. The normalized spacial score (nSPS) is 10.2. The topological polar surface area (TPSA) is 35.0 Å². The van der Waals surface area contributed by atoms with Crippen LogP contribution in [-0.2, 0) is 0 Å². The van der Waals surface area contributed by atoms with E-state index in [1.165, 1.54) is 19.4 Å². The molecular weight excluding hydrogens is 214 g/mol. The summed E-state index contributed by atoms with van der Waals surface area (Å²) in [4.78, 5) is 7.06. The van der Waals surface area contributed by atoms with Gasteiger partial charge in [0.05, 0.1) is 18.4 Å². The van der Waals surface area contributed by atoms with E-state index in [1.807, 2.05) is 0 Å². The van der Waals surface area contributed by atoms with Crippen LogP contribution in [-0.4, -0.2) is 17.1 Å². The lowest BCUT2D eigenvalue weighted by atomic mass is 10.2. The molecule has 2 rings (SSSR count). The van der Waals surface area contributed by atoms with Crippen LogP contribution in [0.1, 0.15) is 0 Å². The highest BCUT2D eigenvalue weighted by Crippen LogP contribution is 2.22. The molecule has 0 aliphatic rings. The Hall–Kier alpha value is -2.04. The Bertz CT molecular complexity index is 517. The maximum Gasteiger partial charge on any atom is 0.224 e. The number of hydrogen-bond donors (Lipinski definition) is 0. The van der Waals surface area contributed by atoms with E-state index < -0.39 is 11.9 Å². The molecule has 0 aliphatic carbocycles. The van der Waals surface area contributed by atoms with E-state index in [9.17, 15) is 8.78 Å². The fourth-order valence-electron chi connectivity index (χ4n) is 1.29. The van der Waals surface area contributed by atoms with Crippen LogP contribution in [0.2, 0.25) is 0 Å². The molecule has 0 saturated carbocycles. The van der Waals surface area contributed by atoms with Crippen LogP contribution in [0.15, 0.2) is 30.5 Å². The van der Waals surface area contributed by atoms with Crippen molar-refractivity contribution in [1.82, 2.24) is 9.97 Å². The van der Waals surface area contributed by atoms with Crippen LogP contribution < -0.4 is 4.74 Å². The van der Waals surface area contributed by atoms with E-state index in [2.05, 4.69) is 9.97 Å². The average Bonchev–Trinajstić information content (AvgIpc) is 2.29. The van der Waals surface area contributed by atoms with E-state index in [1.54, 1.807) is 12.1 Å². The average molecular weight is 222 g/mol. The van der Waals surface area contributed by atoms with Crippen molar-refractivity contribution in [3.8, 4) is 17.0 Å². The lowest BCUT2D eigenvalue weighted by molar-refractivity contribution is 0.414. The number of halogens is 2. The monoisotopic (exact) mass is 222 g/mol. The maximum atomic E-state index is 13.3. The van der Waals surface area contributed by atoms with Crippen LogP contribution in [0.4, 0.5) is 8.78 Å². The number of nitrogens with zero attached hydrogens (tertiary/aromatic N) is 2. The minimum atomic E-state index is -0.888. The summed E-state index contributed by atoms with van der Waals surface area (Å²) < 4.78 is 30.9. The van der Waals surface area contributed by atoms with Crippen molar-refractivity contribution >= 4 is 0 Å². The third-order valence-electron chi connectivity index (χ3n) is 2.06. The summed E-state index contributed by atoms with van der Waals surface area (Å²) in [6, 6.07) is 5.56. The van der Waals surface area contributed by atoms with E-state index in [-0.39, 0.29) is 5.56 Å². The number of rotatable bonds is 2. The fraction of sp³-hybridized carbons (Fsp3) is 0.0909. The zero-order chi connectivity index (χ0) is 11.5. The molecule has 0 saturated heterocycles. The molecule has 0 atom stereocenters. The van der Waals surface area contributed by atoms with Crippen molar-refractivity contribution < 1.29 is 13.5 Å². The summed E-state index contributed by atoms with van der Waals surface area (Å²) in [5.74, 6) is -1.20. The molecule has 0 aliphatic heterocycles. The van der Waals surface area contributed by atoms with Gasteiger partial charge in [-0.1, -0.05) is 0 Å². The van der Waals surface area contributed by atoms with Crippen molar-refractivity contribution in [3.05, 3.63) is 42.4 Å². The van der Waals surface area contributed by atoms with Gasteiger partial charge in [0.25, 0.3) is 0 Å². The Morgan fingerprint density at radius 2 is 2.00 bits per heavy atom. The van der Waals surface area contributed by atoms with E-state index in [4.69, 9.17) is 4.74 Å². The van der Waals surface area contributed by atoms with E-state index in [0.29, 0.717) is 11.4 Å². The van der Waals surface area contributed by atoms with Crippen LogP contribution in [0.3, 0.4) is 0 Å². The molecule has 0 radical (unpaired) electrons. The van der Waals surface area contributed by atoms with Gasteiger partial charge in [0.1, 0.15) is 5.75 Å². The highest BCUT2D eigenvalue weighted by Gasteiger charge is 2.09. The Balaban J connectivity index is 2.49. The molecule has 16 heavy (non-hydrogen) atoms. The second kappa shape index (κ2) is 4.22. The largest absolute Gasteiger partial charge is 0.497 e. The zero-order valence-corrected chi connectivity index (χ0v) is 8.45. The van der Waals surface area contributed by atoms with Gasteiger partial charge in [0.15, 0.2) is 0 Å². The molecule has 2 heterocycles. The van der Waals surface area contributed by atoms with Crippen LogP contribution in [0.25, 0.3) is 11.3 Å². The first-order chi connectivity index (χ1) is 7.70. The van der Waals surface area contributed by atoms with Gasteiger partial charge in [-0.3, -0.25) is 4.98 Å². The molecule has 2 aromatic heterocycles. The third kappa shape index (κ3) is 1.98. The highest BCUT2D eigenvalue weighted by molar-refractivity contribution is 5.59. The number of hydrogen-bond acceptors (Lipinski definition) is 3. The summed E-state index contributed by atoms with van der Waals surface area (Å²) in [5.41, 5.74) is 0.490. The Morgan fingerprint density at radius 1 is 1.19 bits per heavy atom. The van der Waals surface area contributed by atoms with Gasteiger partial charge in [0, 0.05) is 12.3 Å². The van der Waals surface area contributed by atoms with Crippen molar-refractivity contribution in [1.29, 1.82) is 0 Å². The van der Waals surface area contributed by atoms with Crippen molar-refractivity contribution in [2.45, 2.75) is 0 Å². The Morgan fingerprint density at radius 3 is 2.69 bits per heavy atom. The molecule has 0 N–H and O–H groups in total. The predicted molar refractivity (Wildman–Crippen MR) is 53.9 cm³/mol. The Kier molecular flexibility index (Phi) is 2.76. The highest BCUT2D eigenvalue weighted by atomic mass is 19.1. The van der Waals surface area contributed by atoms with Crippen LogP contribution >= 0.6 is 0 Å². The van der Waals surface area contributed by atoms with Crippen molar-refractivity contribution in [3.63, 3.8) is 0 Å². The van der Waals surface area contributed by atoms with Gasteiger partial charge >= 0.3 is 0 Å². The van der Waals surface area contributed by atoms with Crippen molar-refractivity contribution in [2.24, 2.45) is 0 Å². The fourth-order valence-corrected chi connectivity index (χ4v) is 1.29. The van der Waals surface area contributed by atoms with E-state index in [0.717, 1.165) is 6.07 Å². The molecule has 2 aromatic rings. The second-order valence-corrected chi connectivity index (χ2v) is 3.05. The standard InChI is InChI=1S/C11H8F2N2O/c1-16-7-4-5-14-9(6-7)8-2-3-10(12)15-11(8)13/h2-6H,1H3. The first-order valence-electron chi connectivity index (χ1n) is 4.53. The molecule has 0 amide bonds. The number of aromatic nitrogens is 2. The van der Waals surface area contributed by atoms with Gasteiger partial charge in [-0.15, -0.1) is 0 Å². The molecule has 5 heteroatoms. The zero-order valence-electron chi connectivity index (χ0n) is 8.45. The van der Waals surface area contributed by atoms with Crippen LogP contribution in [0, 0.1) is 11.9 Å². The van der Waals surface area contributed by atoms with Crippen molar-refractivity contribution in [2.75, 3.05) is 7.11 Å². The van der Waals surface area contributed by atoms with Gasteiger partial charge in [-0.25, -0.2) is 0 Å². The van der Waals surface area contributed by atoms with Crippen LogP contribution in [0.5, 0.6) is 5.75 Å². The van der Waals surface area contributed by atoms with Gasteiger partial charge < -0.3 is 4.74 Å². The van der Waals surface area contributed by atoms with Gasteiger partial charge in [0.2, 0.25) is 11.9 Å². The maximum absolute atomic E-state index is 13.3. The molecule has 0 fully saturated rings. The number of pyridine rings is 2.